The maximum Gasteiger partial charge on any atom is 0.263 e. The van der Waals surface area contributed by atoms with Gasteiger partial charge in [-0.3, -0.25) is 4.79 Å². The molecule has 29 heavy (non-hydrogen) atoms. The number of carbonyl (C=O) groups excluding carboxylic acids is 1. The van der Waals surface area contributed by atoms with Gasteiger partial charge in [-0.05, 0) is 37.9 Å². The standard InChI is InChI=1S/C22H27FN4O2/c1-2-19(29-20-9-4-3-7-16(20)23)22(28)27-12-10-17-15(14-27)13-25-21(26-17)18-8-5-6-11-24-18/h3-4,7,9,13,18-19,24H,2,5-6,8,10-12,14H2,1H3/t18-,19-/m0/s1. The molecule has 2 atom stereocenters. The Kier molecular flexibility index (Phi) is 6.04. The van der Waals surface area contributed by atoms with Crippen LogP contribution in [0, 0.1) is 5.82 Å². The van der Waals surface area contributed by atoms with Gasteiger partial charge < -0.3 is 15.0 Å². The first kappa shape index (κ1) is 19.8. The molecule has 1 aromatic heterocycles. The van der Waals surface area contributed by atoms with Gasteiger partial charge in [-0.15, -0.1) is 0 Å². The largest absolute Gasteiger partial charge is 0.478 e. The Morgan fingerprint density at radius 3 is 3.00 bits per heavy atom. The Bertz CT molecular complexity index is 870. The Labute approximate surface area is 170 Å². The normalized spacial score (nSPS) is 20.1. The number of hydrogen-bond acceptors (Lipinski definition) is 5. The number of rotatable bonds is 5. The van der Waals surface area contributed by atoms with E-state index in [1.165, 1.54) is 18.9 Å². The van der Waals surface area contributed by atoms with Crippen LogP contribution in [0.25, 0.3) is 0 Å². The number of aromatic nitrogens is 2. The first-order chi connectivity index (χ1) is 14.2. The van der Waals surface area contributed by atoms with Crippen LogP contribution in [0.15, 0.2) is 30.5 Å². The second-order valence-corrected chi connectivity index (χ2v) is 7.66. The first-order valence-corrected chi connectivity index (χ1v) is 10.4. The number of para-hydroxylation sites is 1. The molecule has 3 heterocycles. The van der Waals surface area contributed by atoms with Crippen molar-refractivity contribution in [3.05, 3.63) is 53.4 Å². The van der Waals surface area contributed by atoms with Gasteiger partial charge in [0, 0.05) is 31.3 Å². The summed E-state index contributed by atoms with van der Waals surface area (Å²) in [6, 6.07) is 6.41. The van der Waals surface area contributed by atoms with E-state index >= 15 is 0 Å². The average Bonchev–Trinajstić information content (AvgIpc) is 2.78. The van der Waals surface area contributed by atoms with Gasteiger partial charge in [0.25, 0.3) is 5.91 Å². The molecule has 4 rings (SSSR count). The Morgan fingerprint density at radius 1 is 1.38 bits per heavy atom. The molecule has 1 fully saturated rings. The second-order valence-electron chi connectivity index (χ2n) is 7.66. The molecule has 1 amide bonds. The molecular weight excluding hydrogens is 371 g/mol. The van der Waals surface area contributed by atoms with Crippen molar-refractivity contribution in [2.45, 2.75) is 57.7 Å². The van der Waals surface area contributed by atoms with Gasteiger partial charge in [-0.25, -0.2) is 14.4 Å². The van der Waals surface area contributed by atoms with E-state index < -0.39 is 11.9 Å². The maximum absolute atomic E-state index is 13.9. The number of piperidine rings is 1. The number of nitrogens with one attached hydrogen (secondary N) is 1. The van der Waals surface area contributed by atoms with Gasteiger partial charge in [0.15, 0.2) is 17.7 Å². The summed E-state index contributed by atoms with van der Waals surface area (Å²) in [6.07, 6.45) is 5.77. The predicted molar refractivity (Wildman–Crippen MR) is 107 cm³/mol. The summed E-state index contributed by atoms with van der Waals surface area (Å²) in [5.74, 6) is 0.384. The highest BCUT2D eigenvalue weighted by Crippen LogP contribution is 2.24. The van der Waals surface area contributed by atoms with Crippen molar-refractivity contribution < 1.29 is 13.9 Å². The summed E-state index contributed by atoms with van der Waals surface area (Å²) in [6.45, 7) is 3.92. The molecule has 154 valence electrons. The molecule has 0 unspecified atom stereocenters. The van der Waals surface area contributed by atoms with Crippen molar-refractivity contribution in [2.24, 2.45) is 0 Å². The molecule has 1 N–H and O–H groups in total. The molecule has 0 aliphatic carbocycles. The van der Waals surface area contributed by atoms with Crippen LogP contribution < -0.4 is 10.1 Å². The van der Waals surface area contributed by atoms with E-state index in [9.17, 15) is 9.18 Å². The summed E-state index contributed by atoms with van der Waals surface area (Å²) in [5, 5.41) is 3.48. The number of carbonyl (C=O) groups is 1. The second kappa shape index (κ2) is 8.86. The molecule has 0 spiro atoms. The minimum Gasteiger partial charge on any atom is -0.478 e. The van der Waals surface area contributed by atoms with E-state index in [1.807, 2.05) is 13.1 Å². The zero-order chi connectivity index (χ0) is 20.2. The quantitative estimate of drug-likeness (QED) is 0.838. The summed E-state index contributed by atoms with van der Waals surface area (Å²) in [5.41, 5.74) is 2.00. The summed E-state index contributed by atoms with van der Waals surface area (Å²) in [7, 11) is 0. The molecular formula is C22H27FN4O2. The zero-order valence-electron chi connectivity index (χ0n) is 16.7. The number of amides is 1. The number of halogens is 1. The topological polar surface area (TPSA) is 67.3 Å². The van der Waals surface area contributed by atoms with Gasteiger partial charge in [0.05, 0.1) is 11.7 Å². The number of fused-ring (bicyclic) bond motifs is 1. The van der Waals surface area contributed by atoms with Crippen molar-refractivity contribution in [3.8, 4) is 5.75 Å². The number of benzene rings is 1. The average molecular weight is 398 g/mol. The van der Waals surface area contributed by atoms with Gasteiger partial charge in [0.1, 0.15) is 5.82 Å². The van der Waals surface area contributed by atoms with E-state index in [0.29, 0.717) is 25.9 Å². The first-order valence-electron chi connectivity index (χ1n) is 10.4. The molecule has 0 saturated carbocycles. The van der Waals surface area contributed by atoms with Crippen molar-refractivity contribution in [2.75, 3.05) is 13.1 Å². The van der Waals surface area contributed by atoms with E-state index in [-0.39, 0.29) is 17.7 Å². The fraction of sp³-hybridized carbons (Fsp3) is 0.500. The number of ether oxygens (including phenoxy) is 1. The van der Waals surface area contributed by atoms with Crippen LogP contribution in [0.2, 0.25) is 0 Å². The van der Waals surface area contributed by atoms with E-state index in [4.69, 9.17) is 9.72 Å². The molecule has 0 bridgehead atoms. The monoisotopic (exact) mass is 398 g/mol. The van der Waals surface area contributed by atoms with Crippen LogP contribution in [0.1, 0.15) is 55.7 Å². The fourth-order valence-electron chi connectivity index (χ4n) is 3.97. The van der Waals surface area contributed by atoms with Crippen LogP contribution in [0.5, 0.6) is 5.75 Å². The third-order valence-electron chi connectivity index (χ3n) is 5.64. The third-order valence-corrected chi connectivity index (χ3v) is 5.64. The highest BCUT2D eigenvalue weighted by atomic mass is 19.1. The van der Waals surface area contributed by atoms with Gasteiger partial charge in [-0.1, -0.05) is 25.5 Å². The lowest BCUT2D eigenvalue weighted by Crippen LogP contribution is -2.44. The van der Waals surface area contributed by atoms with Crippen LogP contribution in [-0.4, -0.2) is 40.0 Å². The Balaban J connectivity index is 1.44. The molecule has 1 saturated heterocycles. The van der Waals surface area contributed by atoms with Crippen LogP contribution in [0.3, 0.4) is 0 Å². The molecule has 2 aromatic rings. The lowest BCUT2D eigenvalue weighted by Gasteiger charge is -2.31. The fourth-order valence-corrected chi connectivity index (χ4v) is 3.97. The smallest absolute Gasteiger partial charge is 0.263 e. The van der Waals surface area contributed by atoms with E-state index in [1.54, 1.807) is 23.1 Å². The Hall–Kier alpha value is -2.54. The van der Waals surface area contributed by atoms with Crippen LogP contribution >= 0.6 is 0 Å². The Morgan fingerprint density at radius 2 is 2.24 bits per heavy atom. The SMILES string of the molecule is CC[C@H](Oc1ccccc1F)C(=O)N1CCc2nc([C@@H]3CCCCN3)ncc2C1. The maximum atomic E-state index is 13.9. The molecule has 6 nitrogen and oxygen atoms in total. The minimum absolute atomic E-state index is 0.109. The van der Waals surface area contributed by atoms with Crippen LogP contribution in [-0.2, 0) is 17.8 Å². The van der Waals surface area contributed by atoms with Crippen molar-refractivity contribution in [1.82, 2.24) is 20.2 Å². The lowest BCUT2D eigenvalue weighted by molar-refractivity contribution is -0.140. The van der Waals surface area contributed by atoms with Gasteiger partial charge in [0.2, 0.25) is 0 Å². The zero-order valence-corrected chi connectivity index (χ0v) is 16.7. The molecule has 2 aliphatic rings. The number of nitrogens with zero attached hydrogens (tertiary/aromatic N) is 3. The number of hydrogen-bond donors (Lipinski definition) is 1. The van der Waals surface area contributed by atoms with Gasteiger partial charge >= 0.3 is 0 Å². The molecule has 0 radical (unpaired) electrons. The van der Waals surface area contributed by atoms with Crippen molar-refractivity contribution in [1.29, 1.82) is 0 Å². The van der Waals surface area contributed by atoms with Crippen molar-refractivity contribution >= 4 is 5.91 Å². The predicted octanol–water partition coefficient (Wildman–Crippen LogP) is 3.17. The minimum atomic E-state index is -0.708. The lowest BCUT2D eigenvalue weighted by atomic mass is 10.0. The van der Waals surface area contributed by atoms with Crippen LogP contribution in [0.4, 0.5) is 4.39 Å². The molecule has 7 heteroatoms. The summed E-state index contributed by atoms with van der Waals surface area (Å²) >= 11 is 0. The highest BCUT2D eigenvalue weighted by molar-refractivity contribution is 5.81. The van der Waals surface area contributed by atoms with Crippen molar-refractivity contribution in [3.63, 3.8) is 0 Å². The summed E-state index contributed by atoms with van der Waals surface area (Å²) < 4.78 is 19.6. The molecule has 2 aliphatic heterocycles. The molecule has 1 aromatic carbocycles. The van der Waals surface area contributed by atoms with Gasteiger partial charge in [-0.2, -0.15) is 0 Å². The third kappa shape index (κ3) is 4.40. The van der Waals surface area contributed by atoms with E-state index in [0.717, 1.165) is 30.0 Å². The highest BCUT2D eigenvalue weighted by Gasteiger charge is 2.29. The van der Waals surface area contributed by atoms with E-state index in [2.05, 4.69) is 10.3 Å². The summed E-state index contributed by atoms with van der Waals surface area (Å²) in [4.78, 5) is 24.1.